The maximum atomic E-state index is 13.0. The van der Waals surface area contributed by atoms with Gasteiger partial charge >= 0.3 is 5.76 Å². The summed E-state index contributed by atoms with van der Waals surface area (Å²) in [5, 5.41) is 4.27. The van der Waals surface area contributed by atoms with Crippen molar-refractivity contribution in [1.82, 2.24) is 9.78 Å². The molecule has 4 aliphatic rings. The molecule has 23 heavy (non-hydrogen) atoms. The first-order chi connectivity index (χ1) is 10.7. The molecule has 1 aromatic heterocycles. The van der Waals surface area contributed by atoms with Crippen molar-refractivity contribution < 1.29 is 9.21 Å². The van der Waals surface area contributed by atoms with E-state index >= 15 is 0 Å². The third kappa shape index (κ3) is 2.48. The van der Waals surface area contributed by atoms with Gasteiger partial charge in [-0.15, -0.1) is 5.10 Å². The first-order valence-electron chi connectivity index (χ1n) is 8.87. The minimum atomic E-state index is -0.506. The highest BCUT2D eigenvalue weighted by molar-refractivity contribution is 5.85. The molecule has 5 heteroatoms. The largest absolute Gasteiger partial charge is 0.437 e. The Hall–Kier alpha value is -1.39. The van der Waals surface area contributed by atoms with Gasteiger partial charge in [0.2, 0.25) is 5.89 Å². The highest BCUT2D eigenvalue weighted by atomic mass is 16.4. The summed E-state index contributed by atoms with van der Waals surface area (Å²) >= 11 is 0. The molecule has 0 radical (unpaired) electrons. The predicted molar refractivity (Wildman–Crippen MR) is 85.1 cm³/mol. The quantitative estimate of drug-likeness (QED) is 0.859. The SMILES string of the molecule is CC(C)(C)c1nn(CC(=O)C23CC4CC(CC(C4)C2)C3)c(=O)o1. The van der Waals surface area contributed by atoms with E-state index in [0.717, 1.165) is 37.0 Å². The highest BCUT2D eigenvalue weighted by Gasteiger charge is 2.54. The van der Waals surface area contributed by atoms with Crippen LogP contribution in [0.4, 0.5) is 0 Å². The molecule has 0 atom stereocenters. The van der Waals surface area contributed by atoms with E-state index in [9.17, 15) is 9.59 Å². The van der Waals surface area contributed by atoms with Crippen LogP contribution in [0.5, 0.6) is 0 Å². The number of carbonyl (C=O) groups excluding carboxylic acids is 1. The number of nitrogens with zero attached hydrogens (tertiary/aromatic N) is 2. The number of carbonyl (C=O) groups is 1. The predicted octanol–water partition coefficient (Wildman–Crippen LogP) is 2.92. The summed E-state index contributed by atoms with van der Waals surface area (Å²) < 4.78 is 6.48. The molecule has 4 aliphatic carbocycles. The summed E-state index contributed by atoms with van der Waals surface area (Å²) in [4.78, 5) is 25.1. The normalized spacial score (nSPS) is 35.7. The monoisotopic (exact) mass is 318 g/mol. The zero-order valence-electron chi connectivity index (χ0n) is 14.3. The summed E-state index contributed by atoms with van der Waals surface area (Å²) in [6.45, 7) is 5.92. The van der Waals surface area contributed by atoms with Crippen LogP contribution in [0.2, 0.25) is 0 Å². The average molecular weight is 318 g/mol. The minimum absolute atomic E-state index is 0.0740. The fraction of sp³-hybridized carbons (Fsp3) is 0.833. The lowest BCUT2D eigenvalue weighted by Gasteiger charge is -2.55. The Morgan fingerprint density at radius 3 is 2.13 bits per heavy atom. The van der Waals surface area contributed by atoms with Crippen molar-refractivity contribution in [3.63, 3.8) is 0 Å². The summed E-state index contributed by atoms with van der Waals surface area (Å²) in [5.74, 6) is 2.28. The van der Waals surface area contributed by atoms with E-state index in [-0.39, 0.29) is 23.2 Å². The molecule has 0 saturated heterocycles. The Balaban J connectivity index is 1.57. The number of hydrogen-bond donors (Lipinski definition) is 0. The Kier molecular flexibility index (Phi) is 3.17. The highest BCUT2D eigenvalue weighted by Crippen LogP contribution is 2.60. The van der Waals surface area contributed by atoms with E-state index in [2.05, 4.69) is 5.10 Å². The van der Waals surface area contributed by atoms with Gasteiger partial charge in [-0.25, -0.2) is 4.79 Å². The topological polar surface area (TPSA) is 65.1 Å². The lowest BCUT2D eigenvalue weighted by molar-refractivity contribution is -0.144. The number of rotatable bonds is 3. The number of aromatic nitrogens is 2. The van der Waals surface area contributed by atoms with Crippen LogP contribution in [-0.2, 0) is 16.8 Å². The van der Waals surface area contributed by atoms with Crippen LogP contribution >= 0.6 is 0 Å². The standard InChI is InChI=1S/C18H26N2O3/c1-17(2,3)15-19-20(16(22)23-15)10-14(21)18-7-11-4-12(8-18)6-13(5-11)9-18/h11-13H,4-10H2,1-3H3. The van der Waals surface area contributed by atoms with Gasteiger partial charge in [-0.1, -0.05) is 20.8 Å². The van der Waals surface area contributed by atoms with Gasteiger partial charge in [0.05, 0.1) is 0 Å². The third-order valence-electron chi connectivity index (χ3n) is 6.17. The van der Waals surface area contributed by atoms with Crippen LogP contribution in [0.15, 0.2) is 9.21 Å². The van der Waals surface area contributed by atoms with E-state index in [0.29, 0.717) is 5.89 Å². The van der Waals surface area contributed by atoms with Crippen molar-refractivity contribution in [2.75, 3.05) is 0 Å². The smallest absolute Gasteiger partial charge is 0.392 e. The summed E-state index contributed by atoms with van der Waals surface area (Å²) in [6, 6.07) is 0. The molecule has 5 nitrogen and oxygen atoms in total. The molecule has 0 aromatic carbocycles. The zero-order chi connectivity index (χ0) is 16.4. The van der Waals surface area contributed by atoms with E-state index < -0.39 is 5.76 Å². The number of Topliss-reactive ketones (excluding diaryl/α,β-unsaturated/α-hetero) is 1. The molecular formula is C18H26N2O3. The fourth-order valence-electron chi connectivity index (χ4n) is 5.47. The van der Waals surface area contributed by atoms with Crippen molar-refractivity contribution in [2.45, 2.75) is 71.3 Å². The van der Waals surface area contributed by atoms with E-state index in [4.69, 9.17) is 4.42 Å². The van der Waals surface area contributed by atoms with Crippen molar-refractivity contribution in [3.05, 3.63) is 16.4 Å². The second kappa shape index (κ2) is 4.81. The van der Waals surface area contributed by atoms with Crippen LogP contribution < -0.4 is 5.76 Å². The first kappa shape index (κ1) is 15.2. The molecule has 4 bridgehead atoms. The molecule has 0 N–H and O–H groups in total. The van der Waals surface area contributed by atoms with Crippen LogP contribution in [-0.4, -0.2) is 15.6 Å². The molecule has 126 valence electrons. The average Bonchev–Trinajstić information content (AvgIpc) is 2.78. The van der Waals surface area contributed by atoms with E-state index in [1.807, 2.05) is 20.8 Å². The third-order valence-corrected chi connectivity index (χ3v) is 6.17. The minimum Gasteiger partial charge on any atom is -0.392 e. The van der Waals surface area contributed by atoms with Crippen LogP contribution in [0, 0.1) is 23.2 Å². The summed E-state index contributed by atoms with van der Waals surface area (Å²) in [7, 11) is 0. The Labute approximate surface area is 136 Å². The summed E-state index contributed by atoms with van der Waals surface area (Å²) in [5.41, 5.74) is -0.511. The Bertz CT molecular complexity index is 657. The molecule has 0 amide bonds. The first-order valence-corrected chi connectivity index (χ1v) is 8.87. The van der Waals surface area contributed by atoms with Crippen LogP contribution in [0.3, 0.4) is 0 Å². The Morgan fingerprint density at radius 2 is 1.70 bits per heavy atom. The zero-order valence-corrected chi connectivity index (χ0v) is 14.3. The lowest BCUT2D eigenvalue weighted by Crippen LogP contribution is -2.51. The number of hydrogen-bond acceptors (Lipinski definition) is 4. The fourth-order valence-corrected chi connectivity index (χ4v) is 5.47. The van der Waals surface area contributed by atoms with Crippen molar-refractivity contribution in [3.8, 4) is 0 Å². The number of ketones is 1. The molecule has 5 rings (SSSR count). The second-order valence-corrected chi connectivity index (χ2v) is 9.20. The Morgan fingerprint density at radius 1 is 1.17 bits per heavy atom. The van der Waals surface area contributed by atoms with Crippen molar-refractivity contribution in [2.24, 2.45) is 23.2 Å². The van der Waals surface area contributed by atoms with Gasteiger partial charge in [-0.05, 0) is 56.3 Å². The van der Waals surface area contributed by atoms with E-state index in [1.165, 1.54) is 23.9 Å². The molecule has 4 saturated carbocycles. The van der Waals surface area contributed by atoms with Crippen LogP contribution in [0.25, 0.3) is 0 Å². The van der Waals surface area contributed by atoms with Gasteiger partial charge in [0.15, 0.2) is 5.78 Å². The maximum absolute atomic E-state index is 13.0. The van der Waals surface area contributed by atoms with Crippen molar-refractivity contribution in [1.29, 1.82) is 0 Å². The van der Waals surface area contributed by atoms with Gasteiger partial charge in [0, 0.05) is 10.8 Å². The van der Waals surface area contributed by atoms with Gasteiger partial charge < -0.3 is 4.42 Å². The van der Waals surface area contributed by atoms with Crippen molar-refractivity contribution >= 4 is 5.78 Å². The van der Waals surface area contributed by atoms with Gasteiger partial charge in [0.1, 0.15) is 6.54 Å². The molecule has 0 unspecified atom stereocenters. The van der Waals surface area contributed by atoms with Gasteiger partial charge in [-0.2, -0.15) is 4.68 Å². The molecule has 1 heterocycles. The summed E-state index contributed by atoms with van der Waals surface area (Å²) in [6.07, 6.45) is 7.00. The molecule has 4 fully saturated rings. The van der Waals surface area contributed by atoms with Gasteiger partial charge in [0.25, 0.3) is 0 Å². The molecule has 0 aliphatic heterocycles. The second-order valence-electron chi connectivity index (χ2n) is 9.20. The lowest BCUT2D eigenvalue weighted by atomic mass is 9.48. The molecule has 1 aromatic rings. The van der Waals surface area contributed by atoms with E-state index in [1.54, 1.807) is 0 Å². The van der Waals surface area contributed by atoms with Gasteiger partial charge in [-0.3, -0.25) is 4.79 Å². The van der Waals surface area contributed by atoms with Crippen LogP contribution in [0.1, 0.15) is 65.2 Å². The maximum Gasteiger partial charge on any atom is 0.437 e. The molecular weight excluding hydrogens is 292 g/mol. The molecule has 0 spiro atoms.